The highest BCUT2D eigenvalue weighted by atomic mass is 127. The zero-order chi connectivity index (χ0) is 16.7. The number of nitrogens with one attached hydrogen (secondary N) is 2. The minimum atomic E-state index is 0. The van der Waals surface area contributed by atoms with E-state index < -0.39 is 0 Å². The topological polar surface area (TPSA) is 39.7 Å². The van der Waals surface area contributed by atoms with E-state index in [1.807, 2.05) is 0 Å². The van der Waals surface area contributed by atoms with Crippen molar-refractivity contribution < 1.29 is 0 Å². The average Bonchev–Trinajstić information content (AvgIpc) is 2.94. The van der Waals surface area contributed by atoms with E-state index in [0.717, 1.165) is 25.0 Å². The number of hydrogen-bond donors (Lipinski definition) is 2. The van der Waals surface area contributed by atoms with Crippen molar-refractivity contribution in [3.63, 3.8) is 0 Å². The SMILES string of the molecule is CCNC(=NCC1(C)CCCC1)NC1CCN(CC(C)C)CC1.I. The van der Waals surface area contributed by atoms with Gasteiger partial charge in [-0.05, 0) is 43.9 Å². The van der Waals surface area contributed by atoms with Gasteiger partial charge in [0.25, 0.3) is 0 Å². The van der Waals surface area contributed by atoms with Gasteiger partial charge in [-0.25, -0.2) is 0 Å². The van der Waals surface area contributed by atoms with Crippen LogP contribution in [-0.2, 0) is 0 Å². The maximum absolute atomic E-state index is 4.91. The van der Waals surface area contributed by atoms with Gasteiger partial charge in [0, 0.05) is 38.8 Å². The van der Waals surface area contributed by atoms with Crippen LogP contribution in [0.15, 0.2) is 4.99 Å². The Morgan fingerprint density at radius 1 is 1.21 bits per heavy atom. The Morgan fingerprint density at radius 3 is 2.38 bits per heavy atom. The smallest absolute Gasteiger partial charge is 0.191 e. The lowest BCUT2D eigenvalue weighted by Crippen LogP contribution is -2.49. The number of nitrogens with zero attached hydrogens (tertiary/aromatic N) is 2. The van der Waals surface area contributed by atoms with Gasteiger partial charge in [-0.15, -0.1) is 24.0 Å². The minimum Gasteiger partial charge on any atom is -0.357 e. The number of aliphatic imine (C=N–C) groups is 1. The van der Waals surface area contributed by atoms with Crippen molar-refractivity contribution in [2.75, 3.05) is 32.7 Å². The van der Waals surface area contributed by atoms with Gasteiger partial charge in [0.15, 0.2) is 5.96 Å². The van der Waals surface area contributed by atoms with Crippen molar-refractivity contribution in [1.29, 1.82) is 0 Å². The van der Waals surface area contributed by atoms with E-state index in [0.29, 0.717) is 11.5 Å². The molecule has 1 saturated carbocycles. The van der Waals surface area contributed by atoms with Crippen molar-refractivity contribution in [3.05, 3.63) is 0 Å². The van der Waals surface area contributed by atoms with Crippen LogP contribution in [0.25, 0.3) is 0 Å². The van der Waals surface area contributed by atoms with E-state index in [4.69, 9.17) is 4.99 Å². The highest BCUT2D eigenvalue weighted by Crippen LogP contribution is 2.37. The number of likely N-dealkylation sites (tertiary alicyclic amines) is 1. The maximum atomic E-state index is 4.91. The molecule has 24 heavy (non-hydrogen) atoms. The molecule has 0 unspecified atom stereocenters. The second kappa shape index (κ2) is 10.8. The Kier molecular flexibility index (Phi) is 9.94. The third-order valence-corrected chi connectivity index (χ3v) is 5.33. The van der Waals surface area contributed by atoms with Crippen LogP contribution in [0.1, 0.15) is 66.2 Å². The first-order valence-corrected chi connectivity index (χ1v) is 9.78. The lowest BCUT2D eigenvalue weighted by molar-refractivity contribution is 0.186. The molecule has 0 aromatic carbocycles. The number of hydrogen-bond acceptors (Lipinski definition) is 2. The second-order valence-corrected chi connectivity index (χ2v) is 8.33. The van der Waals surface area contributed by atoms with Crippen LogP contribution in [0.2, 0.25) is 0 Å². The Labute approximate surface area is 166 Å². The third-order valence-electron chi connectivity index (χ3n) is 5.33. The quantitative estimate of drug-likeness (QED) is 0.367. The van der Waals surface area contributed by atoms with E-state index in [1.54, 1.807) is 0 Å². The van der Waals surface area contributed by atoms with Gasteiger partial charge in [0.2, 0.25) is 0 Å². The molecule has 4 nitrogen and oxygen atoms in total. The summed E-state index contributed by atoms with van der Waals surface area (Å²) in [5, 5.41) is 7.12. The fourth-order valence-electron chi connectivity index (χ4n) is 3.95. The molecule has 0 amide bonds. The second-order valence-electron chi connectivity index (χ2n) is 8.33. The predicted octanol–water partition coefficient (Wildman–Crippen LogP) is 3.86. The van der Waals surface area contributed by atoms with E-state index in [9.17, 15) is 0 Å². The van der Waals surface area contributed by atoms with Gasteiger partial charge in [0.1, 0.15) is 0 Å². The Morgan fingerprint density at radius 2 is 1.83 bits per heavy atom. The number of guanidine groups is 1. The number of piperidine rings is 1. The molecule has 1 saturated heterocycles. The third kappa shape index (κ3) is 7.46. The summed E-state index contributed by atoms with van der Waals surface area (Å²) in [7, 11) is 0. The molecule has 2 fully saturated rings. The van der Waals surface area contributed by atoms with Gasteiger partial charge in [0.05, 0.1) is 0 Å². The first-order valence-electron chi connectivity index (χ1n) is 9.78. The van der Waals surface area contributed by atoms with Crippen molar-refractivity contribution in [2.24, 2.45) is 16.3 Å². The largest absolute Gasteiger partial charge is 0.357 e. The van der Waals surface area contributed by atoms with E-state index in [1.165, 1.54) is 58.2 Å². The summed E-state index contributed by atoms with van der Waals surface area (Å²) < 4.78 is 0. The molecule has 1 heterocycles. The maximum Gasteiger partial charge on any atom is 0.191 e. The van der Waals surface area contributed by atoms with Gasteiger partial charge in [-0.1, -0.05) is 33.6 Å². The summed E-state index contributed by atoms with van der Waals surface area (Å²) in [5.74, 6) is 1.80. The van der Waals surface area contributed by atoms with Gasteiger partial charge >= 0.3 is 0 Å². The molecule has 0 atom stereocenters. The molecule has 142 valence electrons. The Bertz CT molecular complexity index is 370. The molecule has 2 N–H and O–H groups in total. The summed E-state index contributed by atoms with van der Waals surface area (Å²) >= 11 is 0. The molecule has 2 rings (SSSR count). The predicted molar refractivity (Wildman–Crippen MR) is 115 cm³/mol. The zero-order valence-electron chi connectivity index (χ0n) is 16.2. The van der Waals surface area contributed by atoms with Crippen LogP contribution in [0.3, 0.4) is 0 Å². The van der Waals surface area contributed by atoms with Crippen LogP contribution in [0.5, 0.6) is 0 Å². The van der Waals surface area contributed by atoms with Crippen molar-refractivity contribution >= 4 is 29.9 Å². The van der Waals surface area contributed by atoms with Crippen molar-refractivity contribution in [1.82, 2.24) is 15.5 Å². The molecule has 0 aromatic rings. The molecule has 0 aromatic heterocycles. The van der Waals surface area contributed by atoms with Crippen molar-refractivity contribution in [2.45, 2.75) is 72.3 Å². The molecular weight excluding hydrogens is 411 g/mol. The number of halogens is 1. The first-order chi connectivity index (χ1) is 11.0. The van der Waals surface area contributed by atoms with Crippen LogP contribution in [0.4, 0.5) is 0 Å². The molecule has 0 bridgehead atoms. The summed E-state index contributed by atoms with van der Waals surface area (Å²) in [6, 6.07) is 0.576. The molecule has 2 aliphatic rings. The minimum absolute atomic E-state index is 0. The van der Waals surface area contributed by atoms with Gasteiger partial charge in [-0.3, -0.25) is 4.99 Å². The van der Waals surface area contributed by atoms with Crippen molar-refractivity contribution in [3.8, 4) is 0 Å². The van der Waals surface area contributed by atoms with Gasteiger partial charge in [-0.2, -0.15) is 0 Å². The average molecular weight is 450 g/mol. The standard InChI is InChI=1S/C19H38N4.HI/c1-5-20-18(21-15-19(4)10-6-7-11-19)22-17-8-12-23(13-9-17)14-16(2)3;/h16-17H,5-15H2,1-4H3,(H2,20,21,22);1H. The van der Waals surface area contributed by atoms with Crippen LogP contribution in [0, 0.1) is 11.3 Å². The van der Waals surface area contributed by atoms with Crippen LogP contribution in [-0.4, -0.2) is 49.6 Å². The summed E-state index contributed by atoms with van der Waals surface area (Å²) in [4.78, 5) is 7.51. The van der Waals surface area contributed by atoms with E-state index in [2.05, 4.69) is 43.2 Å². The monoisotopic (exact) mass is 450 g/mol. The molecule has 0 spiro atoms. The summed E-state index contributed by atoms with van der Waals surface area (Å²) in [5.41, 5.74) is 0.434. The Balaban J connectivity index is 0.00000288. The fourth-order valence-corrected chi connectivity index (χ4v) is 3.95. The van der Waals surface area contributed by atoms with Gasteiger partial charge < -0.3 is 15.5 Å². The van der Waals surface area contributed by atoms with Crippen LogP contribution >= 0.6 is 24.0 Å². The molecule has 1 aliphatic carbocycles. The molecule has 1 aliphatic heterocycles. The fraction of sp³-hybridized carbons (Fsp3) is 0.947. The molecule has 0 radical (unpaired) electrons. The molecular formula is C19H39IN4. The number of rotatable bonds is 6. The van der Waals surface area contributed by atoms with Crippen LogP contribution < -0.4 is 10.6 Å². The lowest BCUT2D eigenvalue weighted by atomic mass is 9.89. The first kappa shape index (κ1) is 22.0. The lowest BCUT2D eigenvalue weighted by Gasteiger charge is -2.34. The Hall–Kier alpha value is -0.0400. The van der Waals surface area contributed by atoms with E-state index >= 15 is 0 Å². The highest BCUT2D eigenvalue weighted by Gasteiger charge is 2.28. The summed E-state index contributed by atoms with van der Waals surface area (Å²) in [6.45, 7) is 14.7. The van der Waals surface area contributed by atoms with E-state index in [-0.39, 0.29) is 24.0 Å². The summed E-state index contributed by atoms with van der Waals surface area (Å²) in [6.07, 6.45) is 7.89. The molecule has 5 heteroatoms. The zero-order valence-corrected chi connectivity index (χ0v) is 18.6. The highest BCUT2D eigenvalue weighted by molar-refractivity contribution is 14.0. The normalized spacial score (nSPS) is 22.5.